The van der Waals surface area contributed by atoms with Crippen molar-refractivity contribution in [2.75, 3.05) is 0 Å². The average molecular weight is 249 g/mol. The molecule has 1 aliphatic rings. The lowest BCUT2D eigenvalue weighted by Crippen LogP contribution is -2.62. The molecule has 18 heavy (non-hydrogen) atoms. The molecule has 0 saturated carbocycles. The van der Waals surface area contributed by atoms with Crippen LogP contribution in [0.2, 0.25) is 0 Å². The number of amides is 2. The summed E-state index contributed by atoms with van der Waals surface area (Å²) in [6.45, 7) is 5.74. The van der Waals surface area contributed by atoms with Gasteiger partial charge < -0.3 is 15.6 Å². The summed E-state index contributed by atoms with van der Waals surface area (Å²) in [7, 11) is 0. The number of H-pyrrole nitrogens is 1. The van der Waals surface area contributed by atoms with Crippen molar-refractivity contribution in [3.63, 3.8) is 0 Å². The van der Waals surface area contributed by atoms with Crippen LogP contribution in [0.5, 0.6) is 0 Å². The number of aryl methyl sites for hydroxylation is 1. The maximum Gasteiger partial charge on any atom is 0.268 e. The molecule has 0 radical (unpaired) electrons. The Balaban J connectivity index is 2.08. The van der Waals surface area contributed by atoms with Crippen LogP contribution in [0.4, 0.5) is 0 Å². The van der Waals surface area contributed by atoms with Crippen LogP contribution < -0.4 is 10.6 Å². The van der Waals surface area contributed by atoms with Gasteiger partial charge in [0.15, 0.2) is 0 Å². The van der Waals surface area contributed by atoms with E-state index in [0.29, 0.717) is 18.5 Å². The fraction of sp³-hybridized carbons (Fsp3) is 0.538. The van der Waals surface area contributed by atoms with Gasteiger partial charge in [-0.2, -0.15) is 0 Å². The van der Waals surface area contributed by atoms with Crippen LogP contribution in [-0.4, -0.2) is 28.4 Å². The molecule has 5 heteroatoms. The van der Waals surface area contributed by atoms with Gasteiger partial charge in [-0.05, 0) is 38.8 Å². The smallest absolute Gasteiger partial charge is 0.268 e. The Hall–Kier alpha value is -1.78. The maximum atomic E-state index is 12.1. The molecule has 3 N–H and O–H groups in total. The normalized spacial score (nSPS) is 22.4. The summed E-state index contributed by atoms with van der Waals surface area (Å²) in [5.41, 5.74) is 1.10. The predicted octanol–water partition coefficient (Wildman–Crippen LogP) is 1.11. The molecule has 1 aromatic heterocycles. The first kappa shape index (κ1) is 12.7. The fourth-order valence-electron chi connectivity index (χ4n) is 2.32. The van der Waals surface area contributed by atoms with Crippen LogP contribution in [0.25, 0.3) is 0 Å². The van der Waals surface area contributed by atoms with Crippen LogP contribution >= 0.6 is 0 Å². The highest BCUT2D eigenvalue weighted by Gasteiger charge is 2.36. The summed E-state index contributed by atoms with van der Waals surface area (Å²) in [5, 5.41) is 5.90. The second-order valence-corrected chi connectivity index (χ2v) is 5.37. The minimum absolute atomic E-state index is 0.0431. The van der Waals surface area contributed by atoms with Gasteiger partial charge in [0.05, 0.1) is 11.6 Å². The summed E-state index contributed by atoms with van der Waals surface area (Å²) < 4.78 is 0. The van der Waals surface area contributed by atoms with Crippen LogP contribution in [0, 0.1) is 6.92 Å². The van der Waals surface area contributed by atoms with E-state index in [0.717, 1.165) is 5.56 Å². The van der Waals surface area contributed by atoms with Gasteiger partial charge in [-0.15, -0.1) is 0 Å². The summed E-state index contributed by atoms with van der Waals surface area (Å²) in [4.78, 5) is 26.4. The Morgan fingerprint density at radius 3 is 2.78 bits per heavy atom. The number of aromatic amines is 1. The monoisotopic (exact) mass is 249 g/mol. The van der Waals surface area contributed by atoms with Gasteiger partial charge in [0.2, 0.25) is 5.91 Å². The van der Waals surface area contributed by atoms with Crippen LogP contribution in [0.1, 0.15) is 42.7 Å². The number of rotatable bonds is 2. The highest BCUT2D eigenvalue weighted by molar-refractivity contribution is 5.94. The van der Waals surface area contributed by atoms with E-state index in [2.05, 4.69) is 15.6 Å². The minimum atomic E-state index is -0.411. The van der Waals surface area contributed by atoms with Crippen molar-refractivity contribution in [2.45, 2.75) is 45.2 Å². The topological polar surface area (TPSA) is 74.0 Å². The first-order chi connectivity index (χ1) is 8.40. The van der Waals surface area contributed by atoms with Crippen molar-refractivity contribution < 1.29 is 9.59 Å². The summed E-state index contributed by atoms with van der Waals surface area (Å²) >= 11 is 0. The summed E-state index contributed by atoms with van der Waals surface area (Å²) in [5.74, 6) is -0.0757. The van der Waals surface area contributed by atoms with E-state index in [9.17, 15) is 9.59 Å². The molecule has 1 aliphatic heterocycles. The summed E-state index contributed by atoms with van der Waals surface area (Å²) in [6.07, 6.45) is 2.88. The molecular weight excluding hydrogens is 230 g/mol. The Bertz CT molecular complexity index is 476. The number of aromatic nitrogens is 1. The number of hydrogen-bond acceptors (Lipinski definition) is 2. The first-order valence-corrected chi connectivity index (χ1v) is 6.16. The molecule has 2 heterocycles. The van der Waals surface area contributed by atoms with Crippen molar-refractivity contribution in [1.29, 1.82) is 0 Å². The molecule has 1 unspecified atom stereocenters. The van der Waals surface area contributed by atoms with E-state index in [-0.39, 0.29) is 17.9 Å². The molecule has 1 atom stereocenters. The standard InChI is InChI=1S/C13H19N3O2/c1-8-6-7-14-11(8)12(18)15-9-4-5-10(17)16-13(9,2)3/h6-7,9,14H,4-5H2,1-3H3,(H,15,18)(H,16,17). The number of hydrogen-bond donors (Lipinski definition) is 3. The number of carbonyl (C=O) groups is 2. The molecule has 1 aromatic rings. The Labute approximate surface area is 106 Å². The molecule has 2 rings (SSSR count). The molecule has 1 fully saturated rings. The fourth-order valence-corrected chi connectivity index (χ4v) is 2.32. The molecule has 1 saturated heterocycles. The zero-order valence-corrected chi connectivity index (χ0v) is 11.0. The zero-order valence-electron chi connectivity index (χ0n) is 11.0. The molecule has 0 aromatic carbocycles. The zero-order chi connectivity index (χ0) is 13.3. The lowest BCUT2D eigenvalue weighted by Gasteiger charge is -2.39. The average Bonchev–Trinajstić information content (AvgIpc) is 2.68. The van der Waals surface area contributed by atoms with E-state index in [1.165, 1.54) is 0 Å². The van der Waals surface area contributed by atoms with Gasteiger partial charge in [-0.3, -0.25) is 9.59 Å². The van der Waals surface area contributed by atoms with Crippen LogP contribution in [0.3, 0.4) is 0 Å². The number of carbonyl (C=O) groups excluding carboxylic acids is 2. The molecule has 0 bridgehead atoms. The highest BCUT2D eigenvalue weighted by Crippen LogP contribution is 2.20. The Kier molecular flexibility index (Phi) is 3.15. The third kappa shape index (κ3) is 2.39. The van der Waals surface area contributed by atoms with E-state index < -0.39 is 5.54 Å². The van der Waals surface area contributed by atoms with E-state index in [1.807, 2.05) is 26.8 Å². The summed E-state index contributed by atoms with van der Waals surface area (Å²) in [6, 6.07) is 1.81. The van der Waals surface area contributed by atoms with Crippen LogP contribution in [-0.2, 0) is 4.79 Å². The van der Waals surface area contributed by atoms with Gasteiger partial charge in [0, 0.05) is 12.6 Å². The first-order valence-electron chi connectivity index (χ1n) is 6.16. The van der Waals surface area contributed by atoms with Crippen molar-refractivity contribution >= 4 is 11.8 Å². The molecule has 5 nitrogen and oxygen atoms in total. The SMILES string of the molecule is Cc1cc[nH]c1C(=O)NC1CCC(=O)NC1(C)C. The Morgan fingerprint density at radius 2 is 2.22 bits per heavy atom. The Morgan fingerprint density at radius 1 is 1.50 bits per heavy atom. The van der Waals surface area contributed by atoms with Crippen LogP contribution in [0.15, 0.2) is 12.3 Å². The maximum absolute atomic E-state index is 12.1. The lowest BCUT2D eigenvalue weighted by atomic mass is 9.86. The predicted molar refractivity (Wildman–Crippen MR) is 68.2 cm³/mol. The molecular formula is C13H19N3O2. The highest BCUT2D eigenvalue weighted by atomic mass is 16.2. The molecule has 0 spiro atoms. The van der Waals surface area contributed by atoms with Crippen molar-refractivity contribution in [3.8, 4) is 0 Å². The van der Waals surface area contributed by atoms with Gasteiger partial charge in [0.1, 0.15) is 5.69 Å². The van der Waals surface area contributed by atoms with E-state index >= 15 is 0 Å². The van der Waals surface area contributed by atoms with Crippen molar-refractivity contribution in [2.24, 2.45) is 0 Å². The van der Waals surface area contributed by atoms with Crippen molar-refractivity contribution in [1.82, 2.24) is 15.6 Å². The molecule has 0 aliphatic carbocycles. The third-order valence-corrected chi connectivity index (χ3v) is 3.48. The number of nitrogens with one attached hydrogen (secondary N) is 3. The number of piperidine rings is 1. The van der Waals surface area contributed by atoms with Gasteiger partial charge in [0.25, 0.3) is 5.91 Å². The molecule has 98 valence electrons. The third-order valence-electron chi connectivity index (χ3n) is 3.48. The minimum Gasteiger partial charge on any atom is -0.357 e. The van der Waals surface area contributed by atoms with Gasteiger partial charge in [-0.25, -0.2) is 0 Å². The van der Waals surface area contributed by atoms with Gasteiger partial charge >= 0.3 is 0 Å². The lowest BCUT2D eigenvalue weighted by molar-refractivity contribution is -0.125. The second-order valence-electron chi connectivity index (χ2n) is 5.37. The van der Waals surface area contributed by atoms with Gasteiger partial charge in [-0.1, -0.05) is 0 Å². The van der Waals surface area contributed by atoms with Crippen molar-refractivity contribution in [3.05, 3.63) is 23.5 Å². The quantitative estimate of drug-likeness (QED) is 0.734. The van der Waals surface area contributed by atoms with E-state index in [4.69, 9.17) is 0 Å². The second kappa shape index (κ2) is 4.48. The van der Waals surface area contributed by atoms with E-state index in [1.54, 1.807) is 6.20 Å². The molecule has 2 amide bonds. The largest absolute Gasteiger partial charge is 0.357 e.